The van der Waals surface area contributed by atoms with Gasteiger partial charge in [0, 0.05) is 32.1 Å². The summed E-state index contributed by atoms with van der Waals surface area (Å²) in [5, 5.41) is 0. The minimum atomic E-state index is -3.22. The van der Waals surface area contributed by atoms with Crippen molar-refractivity contribution in [3.05, 3.63) is 59.7 Å². The van der Waals surface area contributed by atoms with Crippen LogP contribution in [0.1, 0.15) is 56.1 Å². The van der Waals surface area contributed by atoms with Gasteiger partial charge in [0.05, 0.1) is 19.5 Å². The van der Waals surface area contributed by atoms with Crippen LogP contribution < -0.4 is 14.2 Å². The number of sulfonamides is 1. The molecule has 0 unspecified atom stereocenters. The first kappa shape index (κ1) is 25.0. The molecule has 4 rings (SSSR count). The summed E-state index contributed by atoms with van der Waals surface area (Å²) in [6.07, 6.45) is 6.87. The molecule has 0 amide bonds. The van der Waals surface area contributed by atoms with Gasteiger partial charge in [0.1, 0.15) is 0 Å². The average molecular weight is 487 g/mol. The fraction of sp³-hybridized carbons (Fsp3) is 0.556. The Morgan fingerprint density at radius 3 is 2.50 bits per heavy atom. The molecule has 2 aromatic rings. The van der Waals surface area contributed by atoms with Crippen LogP contribution in [0.15, 0.2) is 48.5 Å². The first-order chi connectivity index (χ1) is 16.3. The number of benzene rings is 2. The molecule has 6 nitrogen and oxygen atoms in total. The van der Waals surface area contributed by atoms with E-state index in [9.17, 15) is 8.42 Å². The van der Waals surface area contributed by atoms with Gasteiger partial charge in [0.2, 0.25) is 10.0 Å². The van der Waals surface area contributed by atoms with Crippen molar-refractivity contribution in [2.75, 3.05) is 33.0 Å². The van der Waals surface area contributed by atoms with E-state index in [2.05, 4.69) is 52.9 Å². The predicted octanol–water partition coefficient (Wildman–Crippen LogP) is 4.56. The van der Waals surface area contributed by atoms with E-state index >= 15 is 0 Å². The van der Waals surface area contributed by atoms with Gasteiger partial charge in [0.25, 0.3) is 0 Å². The minimum Gasteiger partial charge on any atom is -0.493 e. The standard InChI is InChI=1S/C27H38N2O4S/c1-27(15-16-28-34(3,30)31)20-29(18-21-9-5-4-6-10-21)19-24(27)22-13-14-25(32-2)26(17-22)33-23-11-7-8-12-23/h4-6,9-10,13-14,17,23-24,28H,7-8,11-12,15-16,18-20H2,1-3H3/t24-,27-/m1/s1. The van der Waals surface area contributed by atoms with Crippen LogP contribution in [-0.4, -0.2) is 52.4 Å². The second kappa shape index (κ2) is 10.7. The lowest BCUT2D eigenvalue weighted by Crippen LogP contribution is -2.32. The molecule has 0 aromatic heterocycles. The fourth-order valence-electron chi connectivity index (χ4n) is 5.60. The highest BCUT2D eigenvalue weighted by molar-refractivity contribution is 7.88. The van der Waals surface area contributed by atoms with Crippen molar-refractivity contribution in [1.82, 2.24) is 9.62 Å². The lowest BCUT2D eigenvalue weighted by molar-refractivity contribution is 0.200. The van der Waals surface area contributed by atoms with Crippen LogP contribution in [0.3, 0.4) is 0 Å². The van der Waals surface area contributed by atoms with E-state index in [4.69, 9.17) is 9.47 Å². The topological polar surface area (TPSA) is 67.9 Å². The Morgan fingerprint density at radius 1 is 1.09 bits per heavy atom. The molecule has 0 spiro atoms. The highest BCUT2D eigenvalue weighted by atomic mass is 32.2. The summed E-state index contributed by atoms with van der Waals surface area (Å²) in [5.41, 5.74) is 2.44. The molecule has 1 aliphatic carbocycles. The minimum absolute atomic E-state index is 0.0777. The van der Waals surface area contributed by atoms with Crippen molar-refractivity contribution >= 4 is 10.0 Å². The molecule has 1 aliphatic heterocycles. The zero-order valence-corrected chi connectivity index (χ0v) is 21.4. The summed E-state index contributed by atoms with van der Waals surface area (Å²) in [4.78, 5) is 2.49. The van der Waals surface area contributed by atoms with Crippen LogP contribution in [0.4, 0.5) is 0 Å². The number of ether oxygens (including phenoxy) is 2. The third-order valence-corrected chi connectivity index (χ3v) is 8.09. The van der Waals surface area contributed by atoms with Crippen molar-refractivity contribution in [2.24, 2.45) is 5.41 Å². The highest BCUT2D eigenvalue weighted by Crippen LogP contribution is 2.47. The van der Waals surface area contributed by atoms with Crippen LogP contribution in [0.2, 0.25) is 0 Å². The van der Waals surface area contributed by atoms with Gasteiger partial charge in [-0.05, 0) is 60.8 Å². The SMILES string of the molecule is COc1ccc([C@H]2CN(Cc3ccccc3)C[C@@]2(C)CCNS(C)(=O)=O)cc1OC1CCCC1. The Bertz CT molecular complexity index is 1050. The molecule has 1 saturated heterocycles. The van der Waals surface area contributed by atoms with Gasteiger partial charge in [-0.1, -0.05) is 43.3 Å². The van der Waals surface area contributed by atoms with Gasteiger partial charge < -0.3 is 9.47 Å². The summed E-state index contributed by atoms with van der Waals surface area (Å²) in [6, 6.07) is 16.9. The molecule has 34 heavy (non-hydrogen) atoms. The van der Waals surface area contributed by atoms with E-state index in [1.165, 1.54) is 30.2 Å². The molecule has 1 N–H and O–H groups in total. The lowest BCUT2D eigenvalue weighted by atomic mass is 9.74. The Labute approximate surface area is 204 Å². The molecule has 7 heteroatoms. The second-order valence-electron chi connectivity index (χ2n) is 10.2. The van der Waals surface area contributed by atoms with Gasteiger partial charge in [-0.2, -0.15) is 0 Å². The van der Waals surface area contributed by atoms with E-state index in [0.29, 0.717) is 6.54 Å². The molecule has 2 aromatic carbocycles. The molecular formula is C27H38N2O4S. The summed E-state index contributed by atoms with van der Waals surface area (Å²) in [6.45, 7) is 5.43. The number of nitrogens with one attached hydrogen (secondary N) is 1. The van der Waals surface area contributed by atoms with E-state index in [1.54, 1.807) is 7.11 Å². The second-order valence-corrected chi connectivity index (χ2v) is 12.0. The average Bonchev–Trinajstić information content (AvgIpc) is 3.41. The molecule has 0 bridgehead atoms. The number of rotatable bonds is 10. The normalized spacial score (nSPS) is 23.9. The molecule has 1 heterocycles. The molecule has 1 saturated carbocycles. The molecule has 186 valence electrons. The summed E-state index contributed by atoms with van der Waals surface area (Å²) >= 11 is 0. The quantitative estimate of drug-likeness (QED) is 0.533. The first-order valence-electron chi connectivity index (χ1n) is 12.3. The monoisotopic (exact) mass is 486 g/mol. The van der Waals surface area contributed by atoms with E-state index < -0.39 is 10.0 Å². The predicted molar refractivity (Wildman–Crippen MR) is 136 cm³/mol. The maximum absolute atomic E-state index is 11.7. The fourth-order valence-corrected chi connectivity index (χ4v) is 6.07. The van der Waals surface area contributed by atoms with Gasteiger partial charge >= 0.3 is 0 Å². The van der Waals surface area contributed by atoms with Crippen LogP contribution >= 0.6 is 0 Å². The zero-order valence-electron chi connectivity index (χ0n) is 20.6. The number of hydrogen-bond acceptors (Lipinski definition) is 5. The molecular weight excluding hydrogens is 448 g/mol. The Hall–Kier alpha value is -2.09. The molecule has 0 radical (unpaired) electrons. The van der Waals surface area contributed by atoms with E-state index in [-0.39, 0.29) is 17.4 Å². The van der Waals surface area contributed by atoms with E-state index in [1.807, 2.05) is 12.1 Å². The first-order valence-corrected chi connectivity index (χ1v) is 14.2. The lowest BCUT2D eigenvalue weighted by Gasteiger charge is -2.31. The molecule has 2 aliphatic rings. The summed E-state index contributed by atoms with van der Waals surface area (Å²) < 4.78 is 38.1. The van der Waals surface area contributed by atoms with Crippen LogP contribution in [0.25, 0.3) is 0 Å². The van der Waals surface area contributed by atoms with Crippen LogP contribution in [-0.2, 0) is 16.6 Å². The number of methoxy groups -OCH3 is 1. The zero-order chi connectivity index (χ0) is 24.2. The van der Waals surface area contributed by atoms with Gasteiger partial charge in [-0.15, -0.1) is 0 Å². The largest absolute Gasteiger partial charge is 0.493 e. The molecule has 2 fully saturated rings. The van der Waals surface area contributed by atoms with Crippen LogP contribution in [0, 0.1) is 5.41 Å². The number of hydrogen-bond donors (Lipinski definition) is 1. The maximum atomic E-state index is 11.7. The summed E-state index contributed by atoms with van der Waals surface area (Å²) in [7, 11) is -1.53. The number of likely N-dealkylation sites (tertiary alicyclic amines) is 1. The Kier molecular flexibility index (Phi) is 7.85. The van der Waals surface area contributed by atoms with Gasteiger partial charge in [-0.3, -0.25) is 4.90 Å². The van der Waals surface area contributed by atoms with Crippen molar-refractivity contribution in [3.63, 3.8) is 0 Å². The Balaban J connectivity index is 1.58. The van der Waals surface area contributed by atoms with Gasteiger partial charge in [0.15, 0.2) is 11.5 Å². The van der Waals surface area contributed by atoms with Crippen molar-refractivity contribution in [3.8, 4) is 11.5 Å². The highest BCUT2D eigenvalue weighted by Gasteiger charge is 2.43. The maximum Gasteiger partial charge on any atom is 0.208 e. The van der Waals surface area contributed by atoms with Gasteiger partial charge in [-0.25, -0.2) is 13.1 Å². The number of nitrogens with zero attached hydrogens (tertiary/aromatic N) is 1. The van der Waals surface area contributed by atoms with Crippen LogP contribution in [0.5, 0.6) is 11.5 Å². The molecule has 2 atom stereocenters. The smallest absolute Gasteiger partial charge is 0.208 e. The Morgan fingerprint density at radius 2 is 1.82 bits per heavy atom. The van der Waals surface area contributed by atoms with Crippen molar-refractivity contribution < 1.29 is 17.9 Å². The van der Waals surface area contributed by atoms with Crippen molar-refractivity contribution in [2.45, 2.75) is 57.6 Å². The third-order valence-electron chi connectivity index (χ3n) is 7.36. The summed E-state index contributed by atoms with van der Waals surface area (Å²) in [5.74, 6) is 1.86. The van der Waals surface area contributed by atoms with E-state index in [0.717, 1.165) is 50.4 Å². The third kappa shape index (κ3) is 6.32. The van der Waals surface area contributed by atoms with Crippen molar-refractivity contribution in [1.29, 1.82) is 0 Å².